The van der Waals surface area contributed by atoms with Crippen LogP contribution in [0.4, 0.5) is 0 Å². The van der Waals surface area contributed by atoms with Gasteiger partial charge in [-0.05, 0) is 25.9 Å². The third kappa shape index (κ3) is 8.22. The number of hydrogen-bond acceptors (Lipinski definition) is 17. The highest BCUT2D eigenvalue weighted by Gasteiger charge is 2.61. The van der Waals surface area contributed by atoms with Crippen LogP contribution in [0, 0.1) is 5.41 Å². The highest BCUT2D eigenvalue weighted by Crippen LogP contribution is 2.37. The van der Waals surface area contributed by atoms with Crippen molar-refractivity contribution >= 4 is 11.9 Å². The van der Waals surface area contributed by atoms with Gasteiger partial charge in [0.15, 0.2) is 24.1 Å². The smallest absolute Gasteiger partial charge is 0.254 e. The second-order valence-corrected chi connectivity index (χ2v) is 12.4. The van der Waals surface area contributed by atoms with Gasteiger partial charge in [-0.2, -0.15) is 0 Å². The maximum atomic E-state index is 13.1. The number of aliphatic hydroxyl groups excluding tert-OH is 7. The molecular weight excluding hydrogens is 618 g/mol. The molecule has 20 nitrogen and oxygen atoms in total. The first kappa shape index (κ1) is 37.0. The molecule has 4 fully saturated rings. The van der Waals surface area contributed by atoms with Gasteiger partial charge in [-0.1, -0.05) is 0 Å². The maximum absolute atomic E-state index is 13.1. The summed E-state index contributed by atoms with van der Waals surface area (Å²) in [4.78, 5) is 13.1. The molecule has 4 rings (SSSR count). The van der Waals surface area contributed by atoms with Gasteiger partial charge in [0.1, 0.15) is 54.9 Å². The van der Waals surface area contributed by atoms with Crippen molar-refractivity contribution in [3.05, 3.63) is 0 Å². The molecule has 20 heteroatoms. The minimum Gasteiger partial charge on any atom is -0.394 e. The Morgan fingerprint density at radius 3 is 2.24 bits per heavy atom. The van der Waals surface area contributed by atoms with Crippen molar-refractivity contribution < 1.29 is 64.6 Å². The maximum Gasteiger partial charge on any atom is 0.254 e. The van der Waals surface area contributed by atoms with E-state index in [2.05, 4.69) is 16.0 Å². The molecule has 2 heterocycles. The number of carbonyl (C=O) groups is 1. The average molecular weight is 668 g/mol. The Labute approximate surface area is 264 Å². The van der Waals surface area contributed by atoms with E-state index in [9.17, 15) is 45.6 Å². The van der Waals surface area contributed by atoms with Gasteiger partial charge < -0.3 is 93.0 Å². The van der Waals surface area contributed by atoms with E-state index in [0.717, 1.165) is 0 Å². The first-order valence-corrected chi connectivity index (χ1v) is 15.3. The van der Waals surface area contributed by atoms with Gasteiger partial charge in [-0.15, -0.1) is 0 Å². The standard InChI is InChI=1S/C26H49N7O13/c27-2-1-3-31-7-13-16(37)17(38)18(39)23(43-13)45-20-9(28)4-10(32-24(41)26(42)6-15(26)33-25(29)30)21(19(20)40)46-22-12(36)5-11(35)14(8-34)44-22/h9-23,31,34-40,42H,1-8,27-28H2,(H,32,41)(H4,29,30,33)/t9-,10+,11-,12+,13+,14+,15?,16+,17-,18+,19-,20?,21-,22+,23+,26?/m0/s1. The first-order chi connectivity index (χ1) is 21.7. The Hall–Kier alpha value is -1.86. The van der Waals surface area contributed by atoms with Crippen LogP contribution in [0.3, 0.4) is 0 Å². The quantitative estimate of drug-likeness (QED) is 0.0492. The number of aliphatic hydroxyl groups is 8. The highest BCUT2D eigenvalue weighted by atomic mass is 16.7. The van der Waals surface area contributed by atoms with Crippen LogP contribution in [0.5, 0.6) is 0 Å². The molecule has 2 aliphatic carbocycles. The summed E-state index contributed by atoms with van der Waals surface area (Å²) in [5.41, 5.74) is 15.3. The molecule has 266 valence electrons. The molecule has 2 saturated heterocycles. The summed E-state index contributed by atoms with van der Waals surface area (Å²) in [7, 11) is 0. The van der Waals surface area contributed by atoms with Gasteiger partial charge in [-0.3, -0.25) is 10.2 Å². The minimum atomic E-state index is -1.93. The lowest BCUT2D eigenvalue weighted by molar-refractivity contribution is -0.332. The molecule has 16 atom stereocenters. The van der Waals surface area contributed by atoms with E-state index >= 15 is 0 Å². The van der Waals surface area contributed by atoms with Gasteiger partial charge in [0, 0.05) is 25.4 Å². The molecule has 3 unspecified atom stereocenters. The molecule has 2 saturated carbocycles. The van der Waals surface area contributed by atoms with Gasteiger partial charge >= 0.3 is 0 Å². The number of rotatable bonds is 13. The van der Waals surface area contributed by atoms with Crippen molar-refractivity contribution in [2.45, 2.75) is 123 Å². The number of nitrogens with two attached hydrogens (primary N) is 3. The van der Waals surface area contributed by atoms with Crippen LogP contribution in [0.1, 0.15) is 25.7 Å². The fourth-order valence-electron chi connectivity index (χ4n) is 6.02. The molecule has 4 aliphatic rings. The first-order valence-electron chi connectivity index (χ1n) is 15.3. The molecule has 0 aromatic rings. The van der Waals surface area contributed by atoms with E-state index < -0.39 is 116 Å². The third-order valence-electron chi connectivity index (χ3n) is 8.86. The Kier molecular flexibility index (Phi) is 12.5. The summed E-state index contributed by atoms with van der Waals surface area (Å²) in [5.74, 6) is -1.34. The molecule has 1 amide bonds. The van der Waals surface area contributed by atoms with E-state index in [1.54, 1.807) is 0 Å². The predicted octanol–water partition coefficient (Wildman–Crippen LogP) is -8.10. The lowest BCUT2D eigenvalue weighted by atomic mass is 9.83. The fourth-order valence-corrected chi connectivity index (χ4v) is 6.02. The molecule has 18 N–H and O–H groups in total. The van der Waals surface area contributed by atoms with Gasteiger partial charge in [0.2, 0.25) is 0 Å². The summed E-state index contributed by atoms with van der Waals surface area (Å²) in [6, 6.07) is -3.04. The SMILES string of the molecule is N=C(N)NC1CC1(O)C(=O)N[C@@H]1C[C@H](N)C(O[C@H]2O[C@H](CNCCCN)[C@@H](O)[C@H](O)[C@H]2O)[C@H](O)[C@H]1O[C@H]1O[C@H](CO)[C@@H](O)C[C@H]1O. The average Bonchev–Trinajstić information content (AvgIpc) is 3.66. The molecule has 46 heavy (non-hydrogen) atoms. The number of amides is 1. The number of hydrogen-bond donors (Lipinski definition) is 15. The molecular formula is C26H49N7O13. The number of ether oxygens (including phenoxy) is 4. The molecule has 0 bridgehead atoms. The van der Waals surface area contributed by atoms with Gasteiger partial charge in [0.25, 0.3) is 5.91 Å². The lowest BCUT2D eigenvalue weighted by Gasteiger charge is -2.48. The topological polar surface area (TPSA) is 354 Å². The molecule has 2 aliphatic heterocycles. The van der Waals surface area contributed by atoms with E-state index in [1.165, 1.54) is 0 Å². The van der Waals surface area contributed by atoms with E-state index in [0.29, 0.717) is 19.5 Å². The van der Waals surface area contributed by atoms with Crippen molar-refractivity contribution in [1.29, 1.82) is 5.41 Å². The van der Waals surface area contributed by atoms with E-state index in [-0.39, 0.29) is 25.8 Å². The summed E-state index contributed by atoms with van der Waals surface area (Å²) in [6.45, 7) is 0.384. The Bertz CT molecular complexity index is 1040. The van der Waals surface area contributed by atoms with Crippen molar-refractivity contribution in [1.82, 2.24) is 16.0 Å². The van der Waals surface area contributed by atoms with Crippen LogP contribution in [0.2, 0.25) is 0 Å². The Morgan fingerprint density at radius 2 is 1.59 bits per heavy atom. The monoisotopic (exact) mass is 667 g/mol. The minimum absolute atomic E-state index is 0.0646. The second-order valence-electron chi connectivity index (χ2n) is 12.4. The van der Waals surface area contributed by atoms with Crippen molar-refractivity contribution in [3.8, 4) is 0 Å². The summed E-state index contributed by atoms with van der Waals surface area (Å²) < 4.78 is 23.1. The fraction of sp³-hybridized carbons (Fsp3) is 0.923. The van der Waals surface area contributed by atoms with Crippen LogP contribution in [0.15, 0.2) is 0 Å². The highest BCUT2D eigenvalue weighted by molar-refractivity contribution is 5.91. The molecule has 0 spiro atoms. The van der Waals surface area contributed by atoms with Crippen LogP contribution in [0.25, 0.3) is 0 Å². The van der Waals surface area contributed by atoms with Crippen molar-refractivity contribution in [3.63, 3.8) is 0 Å². The summed E-state index contributed by atoms with van der Waals surface area (Å²) >= 11 is 0. The van der Waals surface area contributed by atoms with E-state index in [4.69, 9.17) is 41.6 Å². The van der Waals surface area contributed by atoms with Gasteiger partial charge in [-0.25, -0.2) is 0 Å². The molecule has 0 aromatic carbocycles. The zero-order valence-corrected chi connectivity index (χ0v) is 25.2. The zero-order chi connectivity index (χ0) is 33.9. The third-order valence-corrected chi connectivity index (χ3v) is 8.86. The number of carbonyl (C=O) groups excluding carboxylic acids is 1. The lowest BCUT2D eigenvalue weighted by Crippen LogP contribution is -2.68. The second kappa shape index (κ2) is 15.6. The zero-order valence-electron chi connectivity index (χ0n) is 25.2. The number of nitrogens with one attached hydrogen (secondary N) is 4. The Balaban J connectivity index is 1.52. The molecule has 0 aromatic heterocycles. The van der Waals surface area contributed by atoms with Crippen molar-refractivity contribution in [2.24, 2.45) is 17.2 Å². The summed E-state index contributed by atoms with van der Waals surface area (Å²) in [6.07, 6.45) is -17.1. The predicted molar refractivity (Wildman–Crippen MR) is 154 cm³/mol. The van der Waals surface area contributed by atoms with Crippen LogP contribution < -0.4 is 33.2 Å². The van der Waals surface area contributed by atoms with Crippen LogP contribution in [-0.4, -0.2) is 176 Å². The largest absolute Gasteiger partial charge is 0.394 e. The van der Waals surface area contributed by atoms with Crippen molar-refractivity contribution in [2.75, 3.05) is 26.2 Å². The summed E-state index contributed by atoms with van der Waals surface area (Å²) in [5, 5.41) is 99.7. The van der Waals surface area contributed by atoms with Crippen LogP contribution in [-0.2, 0) is 23.7 Å². The van der Waals surface area contributed by atoms with E-state index in [1.807, 2.05) is 0 Å². The number of guanidine groups is 1. The molecule has 0 radical (unpaired) electrons. The Morgan fingerprint density at radius 1 is 0.913 bits per heavy atom. The normalized spacial score (nSPS) is 46.0. The van der Waals surface area contributed by atoms with Gasteiger partial charge in [0.05, 0.1) is 24.8 Å². The van der Waals surface area contributed by atoms with Crippen LogP contribution >= 0.6 is 0 Å².